The molecule has 0 aliphatic heterocycles. The second kappa shape index (κ2) is 6.06. The van der Waals surface area contributed by atoms with Gasteiger partial charge in [0.2, 0.25) is 0 Å². The Morgan fingerprint density at radius 2 is 1.90 bits per heavy atom. The van der Waals surface area contributed by atoms with Crippen molar-refractivity contribution in [1.82, 2.24) is 0 Å². The van der Waals surface area contributed by atoms with Crippen molar-refractivity contribution in [1.29, 1.82) is 0 Å². The number of likely N-dealkylation sites (N-methyl/N-ethyl adjacent to an activating group) is 1. The monoisotopic (exact) mass is 272 g/mol. The molecular formula is C17H21FN2. The van der Waals surface area contributed by atoms with Gasteiger partial charge in [-0.25, -0.2) is 4.39 Å². The van der Waals surface area contributed by atoms with Crippen LogP contribution in [0.1, 0.15) is 22.7 Å². The molecule has 0 aliphatic carbocycles. The predicted molar refractivity (Wildman–Crippen MR) is 82.5 cm³/mol. The second-order valence-corrected chi connectivity index (χ2v) is 5.20. The van der Waals surface area contributed by atoms with Crippen LogP contribution >= 0.6 is 0 Å². The van der Waals surface area contributed by atoms with E-state index in [1.807, 2.05) is 26.1 Å². The van der Waals surface area contributed by atoms with E-state index in [1.54, 1.807) is 6.07 Å². The van der Waals surface area contributed by atoms with E-state index in [9.17, 15) is 4.39 Å². The number of halogens is 1. The molecule has 2 aromatic carbocycles. The zero-order chi connectivity index (χ0) is 14.7. The summed E-state index contributed by atoms with van der Waals surface area (Å²) in [6, 6.07) is 13.2. The van der Waals surface area contributed by atoms with Crippen molar-refractivity contribution in [3.63, 3.8) is 0 Å². The Bertz CT molecular complexity index is 595. The molecular weight excluding hydrogens is 251 g/mol. The lowest BCUT2D eigenvalue weighted by molar-refractivity contribution is 0.620. The van der Waals surface area contributed by atoms with Crippen molar-refractivity contribution in [2.75, 3.05) is 18.5 Å². The molecule has 1 atom stereocenters. The lowest BCUT2D eigenvalue weighted by Crippen LogP contribution is -2.31. The quantitative estimate of drug-likeness (QED) is 0.921. The second-order valence-electron chi connectivity index (χ2n) is 5.20. The van der Waals surface area contributed by atoms with Crippen LogP contribution in [-0.2, 0) is 0 Å². The van der Waals surface area contributed by atoms with Gasteiger partial charge in [0, 0.05) is 19.3 Å². The molecule has 0 spiro atoms. The minimum atomic E-state index is -0.208. The Balaban J connectivity index is 2.36. The van der Waals surface area contributed by atoms with E-state index in [1.165, 1.54) is 11.6 Å². The van der Waals surface area contributed by atoms with Crippen LogP contribution in [0, 0.1) is 19.7 Å². The summed E-state index contributed by atoms with van der Waals surface area (Å²) in [6.45, 7) is 4.47. The Hall–Kier alpha value is -1.87. The molecule has 0 bridgehead atoms. The number of hydrogen-bond acceptors (Lipinski definition) is 2. The van der Waals surface area contributed by atoms with Crippen LogP contribution < -0.4 is 10.6 Å². The maximum atomic E-state index is 13.2. The molecule has 1 unspecified atom stereocenters. The van der Waals surface area contributed by atoms with Gasteiger partial charge < -0.3 is 10.6 Å². The molecule has 2 nitrogen and oxygen atoms in total. The lowest BCUT2D eigenvalue weighted by Gasteiger charge is -2.30. The summed E-state index contributed by atoms with van der Waals surface area (Å²) < 4.78 is 13.2. The molecule has 2 aromatic rings. The molecule has 0 aromatic heterocycles. The number of benzene rings is 2. The minimum absolute atomic E-state index is 0.0393. The molecule has 0 amide bonds. The maximum absolute atomic E-state index is 13.2. The first-order chi connectivity index (χ1) is 9.52. The summed E-state index contributed by atoms with van der Waals surface area (Å²) in [5.41, 5.74) is 10.3. The van der Waals surface area contributed by atoms with Gasteiger partial charge in [-0.1, -0.05) is 18.2 Å². The van der Waals surface area contributed by atoms with Crippen molar-refractivity contribution in [3.05, 3.63) is 65.0 Å². The van der Waals surface area contributed by atoms with E-state index in [2.05, 4.69) is 30.0 Å². The van der Waals surface area contributed by atoms with Crippen LogP contribution in [0.4, 0.5) is 10.1 Å². The highest BCUT2D eigenvalue weighted by atomic mass is 19.1. The third kappa shape index (κ3) is 2.99. The number of hydrogen-bond donors (Lipinski definition) is 1. The molecule has 2 N–H and O–H groups in total. The zero-order valence-corrected chi connectivity index (χ0v) is 12.2. The molecule has 20 heavy (non-hydrogen) atoms. The van der Waals surface area contributed by atoms with Gasteiger partial charge in [-0.3, -0.25) is 0 Å². The Morgan fingerprint density at radius 1 is 1.15 bits per heavy atom. The van der Waals surface area contributed by atoms with E-state index in [0.717, 1.165) is 16.8 Å². The summed E-state index contributed by atoms with van der Waals surface area (Å²) in [5, 5.41) is 0. The standard InChI is InChI=1S/C17H21FN2/c1-12-5-4-6-15(9-12)20(3)17(11-19)16-8-7-14(18)10-13(16)2/h4-10,17H,11,19H2,1-3H3. The topological polar surface area (TPSA) is 29.3 Å². The van der Waals surface area contributed by atoms with Gasteiger partial charge in [0.05, 0.1) is 6.04 Å². The minimum Gasteiger partial charge on any atom is -0.366 e. The zero-order valence-electron chi connectivity index (χ0n) is 12.2. The molecule has 0 fully saturated rings. The molecule has 0 aliphatic rings. The number of aryl methyl sites for hydroxylation is 2. The van der Waals surface area contributed by atoms with Crippen molar-refractivity contribution in [3.8, 4) is 0 Å². The number of anilines is 1. The number of nitrogens with two attached hydrogens (primary N) is 1. The molecule has 0 saturated heterocycles. The Morgan fingerprint density at radius 3 is 2.50 bits per heavy atom. The van der Waals surface area contributed by atoms with Crippen LogP contribution in [0.5, 0.6) is 0 Å². The summed E-state index contributed by atoms with van der Waals surface area (Å²) in [7, 11) is 2.02. The van der Waals surface area contributed by atoms with E-state index < -0.39 is 0 Å². The smallest absolute Gasteiger partial charge is 0.123 e. The number of rotatable bonds is 4. The Labute approximate surface area is 120 Å². The van der Waals surface area contributed by atoms with Gasteiger partial charge >= 0.3 is 0 Å². The highest BCUT2D eigenvalue weighted by Crippen LogP contribution is 2.27. The van der Waals surface area contributed by atoms with Gasteiger partial charge in [0.25, 0.3) is 0 Å². The highest BCUT2D eigenvalue weighted by molar-refractivity contribution is 5.51. The average molecular weight is 272 g/mol. The molecule has 2 rings (SSSR count). The van der Waals surface area contributed by atoms with E-state index >= 15 is 0 Å². The maximum Gasteiger partial charge on any atom is 0.123 e. The lowest BCUT2D eigenvalue weighted by atomic mass is 9.99. The van der Waals surface area contributed by atoms with Gasteiger partial charge in [0.1, 0.15) is 5.82 Å². The first-order valence-corrected chi connectivity index (χ1v) is 6.78. The van der Waals surface area contributed by atoms with Crippen LogP contribution in [0.2, 0.25) is 0 Å². The van der Waals surface area contributed by atoms with Gasteiger partial charge in [-0.2, -0.15) is 0 Å². The fourth-order valence-electron chi connectivity index (χ4n) is 2.53. The molecule has 3 heteroatoms. The van der Waals surface area contributed by atoms with Gasteiger partial charge in [-0.05, 0) is 54.8 Å². The summed E-state index contributed by atoms with van der Waals surface area (Å²) >= 11 is 0. The molecule has 106 valence electrons. The van der Waals surface area contributed by atoms with Crippen LogP contribution in [0.3, 0.4) is 0 Å². The first-order valence-electron chi connectivity index (χ1n) is 6.78. The van der Waals surface area contributed by atoms with Gasteiger partial charge in [-0.15, -0.1) is 0 Å². The van der Waals surface area contributed by atoms with Crippen molar-refractivity contribution < 1.29 is 4.39 Å². The van der Waals surface area contributed by atoms with E-state index in [4.69, 9.17) is 5.73 Å². The fraction of sp³-hybridized carbons (Fsp3) is 0.294. The third-order valence-corrected chi connectivity index (χ3v) is 3.69. The van der Waals surface area contributed by atoms with E-state index in [0.29, 0.717) is 6.54 Å². The van der Waals surface area contributed by atoms with Crippen molar-refractivity contribution in [2.45, 2.75) is 19.9 Å². The summed E-state index contributed by atoms with van der Waals surface area (Å²) in [4.78, 5) is 2.15. The van der Waals surface area contributed by atoms with Crippen LogP contribution in [0.25, 0.3) is 0 Å². The average Bonchev–Trinajstić information content (AvgIpc) is 2.41. The van der Waals surface area contributed by atoms with Crippen molar-refractivity contribution >= 4 is 5.69 Å². The van der Waals surface area contributed by atoms with Gasteiger partial charge in [0.15, 0.2) is 0 Å². The molecule has 0 saturated carbocycles. The van der Waals surface area contributed by atoms with E-state index in [-0.39, 0.29) is 11.9 Å². The molecule has 0 heterocycles. The predicted octanol–water partition coefficient (Wildman–Crippen LogP) is 3.58. The fourth-order valence-corrected chi connectivity index (χ4v) is 2.53. The molecule has 0 radical (unpaired) electrons. The first kappa shape index (κ1) is 14.5. The number of nitrogens with zero attached hydrogens (tertiary/aromatic N) is 1. The van der Waals surface area contributed by atoms with Crippen LogP contribution in [0.15, 0.2) is 42.5 Å². The van der Waals surface area contributed by atoms with Crippen LogP contribution in [-0.4, -0.2) is 13.6 Å². The highest BCUT2D eigenvalue weighted by Gasteiger charge is 2.18. The SMILES string of the molecule is Cc1cccc(N(C)C(CN)c2ccc(F)cc2C)c1. The third-order valence-electron chi connectivity index (χ3n) is 3.69. The van der Waals surface area contributed by atoms with Crippen molar-refractivity contribution in [2.24, 2.45) is 5.73 Å². The Kier molecular flexibility index (Phi) is 4.40. The summed E-state index contributed by atoms with van der Waals surface area (Å²) in [5.74, 6) is -0.208. The normalized spacial score (nSPS) is 12.2. The largest absolute Gasteiger partial charge is 0.366 e. The summed E-state index contributed by atoms with van der Waals surface area (Å²) in [6.07, 6.45) is 0.